The molecule has 1 N–H and O–H groups in total. The maximum absolute atomic E-state index is 12.0. The maximum Gasteiger partial charge on any atom is 0.221 e. The van der Waals surface area contributed by atoms with Crippen molar-refractivity contribution in [1.29, 1.82) is 0 Å². The van der Waals surface area contributed by atoms with Gasteiger partial charge in [0, 0.05) is 20.5 Å². The normalized spacial score (nSPS) is 16.0. The number of carbonyl (C=O) groups excluding carboxylic acids is 1. The van der Waals surface area contributed by atoms with Crippen LogP contribution in [0.2, 0.25) is 0 Å². The van der Waals surface area contributed by atoms with E-state index in [0.29, 0.717) is 0 Å². The van der Waals surface area contributed by atoms with Crippen molar-refractivity contribution in [2.24, 2.45) is 0 Å². The SMILES string of the molecule is CC(NC(=O)CCS(=O)(=O)N(C)C)c1ccc2c(c1)CCCC2. The molecule has 0 aromatic heterocycles. The standard InChI is InChI=1S/C17H26N2O3S/c1-13(18-17(20)10-11-23(21,22)19(2)3)15-9-8-14-6-4-5-7-16(14)12-15/h8-9,12-13H,4-7,10-11H2,1-3H3,(H,18,20). The summed E-state index contributed by atoms with van der Waals surface area (Å²) in [7, 11) is -0.383. The number of nitrogens with zero attached hydrogens (tertiary/aromatic N) is 1. The molecule has 1 aromatic carbocycles. The van der Waals surface area contributed by atoms with Gasteiger partial charge in [-0.2, -0.15) is 0 Å². The molecule has 1 aliphatic rings. The highest BCUT2D eigenvalue weighted by molar-refractivity contribution is 7.89. The van der Waals surface area contributed by atoms with Gasteiger partial charge < -0.3 is 5.32 Å². The minimum absolute atomic E-state index is 0.0181. The molecule has 1 aromatic rings. The molecule has 0 spiro atoms. The van der Waals surface area contributed by atoms with Crippen LogP contribution in [-0.4, -0.2) is 38.5 Å². The topological polar surface area (TPSA) is 66.5 Å². The van der Waals surface area contributed by atoms with Gasteiger partial charge in [0.15, 0.2) is 0 Å². The van der Waals surface area contributed by atoms with Gasteiger partial charge in [-0.1, -0.05) is 18.2 Å². The van der Waals surface area contributed by atoms with Crippen molar-refractivity contribution in [3.63, 3.8) is 0 Å². The summed E-state index contributed by atoms with van der Waals surface area (Å²) >= 11 is 0. The molecule has 0 saturated carbocycles. The Morgan fingerprint density at radius 3 is 2.52 bits per heavy atom. The molecule has 0 saturated heterocycles. The second-order valence-electron chi connectivity index (χ2n) is 6.37. The van der Waals surface area contributed by atoms with Gasteiger partial charge in [-0.15, -0.1) is 0 Å². The Bertz CT molecular complexity index is 668. The van der Waals surface area contributed by atoms with Crippen molar-refractivity contribution in [3.05, 3.63) is 34.9 Å². The third kappa shape index (κ3) is 4.78. The Hall–Kier alpha value is -1.40. The van der Waals surface area contributed by atoms with Crippen LogP contribution in [0.25, 0.3) is 0 Å². The van der Waals surface area contributed by atoms with Crippen molar-refractivity contribution in [2.45, 2.75) is 45.1 Å². The molecule has 2 rings (SSSR count). The van der Waals surface area contributed by atoms with Crippen molar-refractivity contribution in [1.82, 2.24) is 9.62 Å². The molecule has 23 heavy (non-hydrogen) atoms. The molecule has 1 unspecified atom stereocenters. The predicted molar refractivity (Wildman–Crippen MR) is 91.7 cm³/mol. The number of aryl methyl sites for hydroxylation is 2. The first-order valence-corrected chi connectivity index (χ1v) is 9.72. The molecule has 5 nitrogen and oxygen atoms in total. The monoisotopic (exact) mass is 338 g/mol. The maximum atomic E-state index is 12.0. The first kappa shape index (κ1) is 17.9. The van der Waals surface area contributed by atoms with E-state index in [1.165, 1.54) is 38.1 Å². The van der Waals surface area contributed by atoms with E-state index in [0.717, 1.165) is 22.7 Å². The van der Waals surface area contributed by atoms with E-state index < -0.39 is 10.0 Å². The average Bonchev–Trinajstić information content (AvgIpc) is 2.52. The molecule has 1 aliphatic carbocycles. The fourth-order valence-electron chi connectivity index (χ4n) is 2.82. The fraction of sp³-hybridized carbons (Fsp3) is 0.588. The zero-order valence-corrected chi connectivity index (χ0v) is 14.9. The number of benzene rings is 1. The third-order valence-electron chi connectivity index (χ3n) is 4.39. The first-order chi connectivity index (χ1) is 10.8. The fourth-order valence-corrected chi connectivity index (χ4v) is 3.63. The summed E-state index contributed by atoms with van der Waals surface area (Å²) in [4.78, 5) is 12.0. The zero-order valence-electron chi connectivity index (χ0n) is 14.1. The minimum atomic E-state index is -3.33. The lowest BCUT2D eigenvalue weighted by molar-refractivity contribution is -0.121. The number of fused-ring (bicyclic) bond motifs is 1. The van der Waals surface area contributed by atoms with Gasteiger partial charge in [0.1, 0.15) is 0 Å². The lowest BCUT2D eigenvalue weighted by atomic mass is 9.89. The minimum Gasteiger partial charge on any atom is -0.350 e. The van der Waals surface area contributed by atoms with Crippen molar-refractivity contribution >= 4 is 15.9 Å². The van der Waals surface area contributed by atoms with Crippen molar-refractivity contribution in [2.75, 3.05) is 19.8 Å². The average molecular weight is 338 g/mol. The van der Waals surface area contributed by atoms with E-state index in [1.54, 1.807) is 0 Å². The summed E-state index contributed by atoms with van der Waals surface area (Å²) in [6.45, 7) is 1.93. The second-order valence-corrected chi connectivity index (χ2v) is 8.68. The van der Waals surface area contributed by atoms with E-state index in [2.05, 4.69) is 23.5 Å². The summed E-state index contributed by atoms with van der Waals surface area (Å²) in [5.41, 5.74) is 3.87. The van der Waals surface area contributed by atoms with Gasteiger partial charge in [0.2, 0.25) is 15.9 Å². The summed E-state index contributed by atoms with van der Waals surface area (Å²) in [5.74, 6) is -0.399. The Morgan fingerprint density at radius 2 is 1.87 bits per heavy atom. The van der Waals surface area contributed by atoms with Crippen LogP contribution in [0.1, 0.15) is 48.9 Å². The summed E-state index contributed by atoms with van der Waals surface area (Å²) < 4.78 is 24.5. The first-order valence-electron chi connectivity index (χ1n) is 8.11. The van der Waals surface area contributed by atoms with Crippen LogP contribution in [0.15, 0.2) is 18.2 Å². The highest BCUT2D eigenvalue weighted by atomic mass is 32.2. The van der Waals surface area contributed by atoms with E-state index in [-0.39, 0.29) is 24.1 Å². The molecule has 0 fully saturated rings. The van der Waals surface area contributed by atoms with Crippen LogP contribution in [0, 0.1) is 0 Å². The summed E-state index contributed by atoms with van der Waals surface area (Å²) in [5, 5.41) is 2.89. The molecule has 6 heteroatoms. The van der Waals surface area contributed by atoms with Crippen LogP contribution in [0.3, 0.4) is 0 Å². The molecule has 0 radical (unpaired) electrons. The number of carbonyl (C=O) groups is 1. The highest BCUT2D eigenvalue weighted by Crippen LogP contribution is 2.24. The Morgan fingerprint density at radius 1 is 1.22 bits per heavy atom. The zero-order chi connectivity index (χ0) is 17.0. The van der Waals surface area contributed by atoms with Gasteiger partial charge >= 0.3 is 0 Å². The summed E-state index contributed by atoms with van der Waals surface area (Å²) in [6.07, 6.45) is 4.69. The Kier molecular flexibility index (Phi) is 5.81. The van der Waals surface area contributed by atoms with Gasteiger partial charge in [-0.3, -0.25) is 4.79 Å². The van der Waals surface area contributed by atoms with Crippen molar-refractivity contribution in [3.8, 4) is 0 Å². The number of amides is 1. The lowest BCUT2D eigenvalue weighted by Gasteiger charge is -2.20. The molecular weight excluding hydrogens is 312 g/mol. The lowest BCUT2D eigenvalue weighted by Crippen LogP contribution is -2.31. The molecule has 0 heterocycles. The number of sulfonamides is 1. The molecule has 1 atom stereocenters. The molecular formula is C17H26N2O3S. The Labute approximate surface area is 139 Å². The molecule has 0 aliphatic heterocycles. The smallest absolute Gasteiger partial charge is 0.221 e. The number of hydrogen-bond donors (Lipinski definition) is 1. The van der Waals surface area contributed by atoms with Crippen LogP contribution in [0.5, 0.6) is 0 Å². The van der Waals surface area contributed by atoms with Gasteiger partial charge in [-0.25, -0.2) is 12.7 Å². The largest absolute Gasteiger partial charge is 0.350 e. The predicted octanol–water partition coefficient (Wildman–Crippen LogP) is 2.02. The van der Waals surface area contributed by atoms with Crippen molar-refractivity contribution < 1.29 is 13.2 Å². The van der Waals surface area contributed by atoms with Crippen LogP contribution in [-0.2, 0) is 27.7 Å². The second kappa shape index (κ2) is 7.45. The van der Waals surface area contributed by atoms with Gasteiger partial charge in [0.05, 0.1) is 11.8 Å². The van der Waals surface area contributed by atoms with Crippen LogP contribution >= 0.6 is 0 Å². The van der Waals surface area contributed by atoms with Gasteiger partial charge in [0.25, 0.3) is 0 Å². The van der Waals surface area contributed by atoms with Gasteiger partial charge in [-0.05, 0) is 49.3 Å². The quantitative estimate of drug-likeness (QED) is 0.863. The number of hydrogen-bond acceptors (Lipinski definition) is 3. The van der Waals surface area contributed by atoms with Crippen LogP contribution < -0.4 is 5.32 Å². The highest BCUT2D eigenvalue weighted by Gasteiger charge is 2.18. The van der Waals surface area contributed by atoms with E-state index in [9.17, 15) is 13.2 Å². The van der Waals surface area contributed by atoms with Crippen LogP contribution in [0.4, 0.5) is 0 Å². The Balaban J connectivity index is 1.93. The molecule has 0 bridgehead atoms. The number of rotatable bonds is 6. The third-order valence-corrected chi connectivity index (χ3v) is 6.23. The number of nitrogens with one attached hydrogen (secondary N) is 1. The van der Waals surface area contributed by atoms with E-state index in [4.69, 9.17) is 0 Å². The van der Waals surface area contributed by atoms with E-state index in [1.807, 2.05) is 6.92 Å². The summed E-state index contributed by atoms with van der Waals surface area (Å²) in [6, 6.07) is 6.28. The molecule has 1 amide bonds. The van der Waals surface area contributed by atoms with E-state index >= 15 is 0 Å². The molecule has 128 valence electrons.